The van der Waals surface area contributed by atoms with Gasteiger partial charge in [0.25, 0.3) is 5.91 Å². The summed E-state index contributed by atoms with van der Waals surface area (Å²) in [4.78, 5) is 17.9. The first kappa shape index (κ1) is 18.0. The molecule has 0 bridgehead atoms. The Balaban J connectivity index is 1.59. The van der Waals surface area contributed by atoms with Crippen LogP contribution in [0.15, 0.2) is 53.0 Å². The lowest BCUT2D eigenvalue weighted by molar-refractivity contribution is 0.0437. The van der Waals surface area contributed by atoms with Crippen molar-refractivity contribution in [3.63, 3.8) is 0 Å². The van der Waals surface area contributed by atoms with E-state index in [0.717, 1.165) is 36.6 Å². The van der Waals surface area contributed by atoms with Gasteiger partial charge < -0.3 is 4.90 Å². The molecule has 2 fully saturated rings. The molecule has 1 unspecified atom stereocenters. The molecule has 5 heteroatoms. The number of nitrogens with zero attached hydrogens (tertiary/aromatic N) is 2. The van der Waals surface area contributed by atoms with Crippen LogP contribution in [0.25, 0.3) is 0 Å². The third-order valence-corrected chi connectivity index (χ3v) is 6.13. The van der Waals surface area contributed by atoms with E-state index in [1.165, 1.54) is 18.4 Å². The molecule has 1 saturated carbocycles. The maximum atomic E-state index is 13.3. The zero-order valence-corrected chi connectivity index (χ0v) is 16.9. The highest BCUT2D eigenvalue weighted by atomic mass is 79.9. The van der Waals surface area contributed by atoms with Crippen LogP contribution in [0.4, 0.5) is 0 Å². The van der Waals surface area contributed by atoms with E-state index in [1.807, 2.05) is 23.1 Å². The van der Waals surface area contributed by atoms with Crippen LogP contribution in [0.1, 0.15) is 28.8 Å². The van der Waals surface area contributed by atoms with Crippen molar-refractivity contribution in [2.24, 2.45) is 0 Å². The molecule has 1 aliphatic carbocycles. The quantitative estimate of drug-likeness (QED) is 0.701. The number of rotatable bonds is 4. The second-order valence-corrected chi connectivity index (χ2v) is 8.52. The van der Waals surface area contributed by atoms with E-state index >= 15 is 0 Å². The first-order valence-electron chi connectivity index (χ1n) is 9.16. The van der Waals surface area contributed by atoms with Crippen LogP contribution in [-0.2, 0) is 6.42 Å². The van der Waals surface area contributed by atoms with Gasteiger partial charge in [-0.25, -0.2) is 0 Å². The maximum absolute atomic E-state index is 13.3. The summed E-state index contributed by atoms with van der Waals surface area (Å²) in [5.74, 6) is 0.0349. The molecular formula is C21H22BrClN2O. The summed E-state index contributed by atoms with van der Waals surface area (Å²) in [6.07, 6.45) is 3.47. The fourth-order valence-corrected chi connectivity index (χ4v) is 4.35. The van der Waals surface area contributed by atoms with E-state index < -0.39 is 0 Å². The second-order valence-electron chi connectivity index (χ2n) is 7.19. The Bertz CT molecular complexity index is 794. The fraction of sp³-hybridized carbons (Fsp3) is 0.381. The average molecular weight is 434 g/mol. The van der Waals surface area contributed by atoms with Crippen LogP contribution in [0.5, 0.6) is 0 Å². The SMILES string of the molecule is O=C(c1cc(Br)ccc1Cl)N1CCN(C2CC2)CC1Cc1ccccc1. The van der Waals surface area contributed by atoms with Gasteiger partial charge in [-0.05, 0) is 43.0 Å². The minimum Gasteiger partial charge on any atom is -0.333 e. The van der Waals surface area contributed by atoms with Gasteiger partial charge in [-0.1, -0.05) is 57.9 Å². The van der Waals surface area contributed by atoms with Gasteiger partial charge in [0.1, 0.15) is 0 Å². The Hall–Kier alpha value is -1.36. The molecule has 2 aliphatic rings. The van der Waals surface area contributed by atoms with Gasteiger partial charge in [-0.15, -0.1) is 0 Å². The standard InChI is InChI=1S/C21H22BrClN2O/c22-16-6-9-20(23)19(13-16)21(26)25-11-10-24(17-7-8-17)14-18(25)12-15-4-2-1-3-5-15/h1-6,9,13,17-18H,7-8,10-12,14H2. The Morgan fingerprint density at radius 3 is 2.62 bits per heavy atom. The van der Waals surface area contributed by atoms with Crippen LogP contribution < -0.4 is 0 Å². The molecular weight excluding hydrogens is 412 g/mol. The van der Waals surface area contributed by atoms with Crippen molar-refractivity contribution >= 4 is 33.4 Å². The van der Waals surface area contributed by atoms with Crippen LogP contribution in [0, 0.1) is 0 Å². The summed E-state index contributed by atoms with van der Waals surface area (Å²) in [6.45, 7) is 2.65. The molecule has 1 aliphatic heterocycles. The van der Waals surface area contributed by atoms with E-state index in [-0.39, 0.29) is 11.9 Å². The normalized spacial score (nSPS) is 21.0. The van der Waals surface area contributed by atoms with E-state index in [1.54, 1.807) is 6.07 Å². The molecule has 0 radical (unpaired) electrons. The first-order valence-corrected chi connectivity index (χ1v) is 10.3. The molecule has 1 atom stereocenters. The summed E-state index contributed by atoms with van der Waals surface area (Å²) in [6, 6.07) is 16.8. The van der Waals surface area contributed by atoms with E-state index in [2.05, 4.69) is 45.1 Å². The van der Waals surface area contributed by atoms with Crippen LogP contribution in [0.2, 0.25) is 5.02 Å². The van der Waals surface area contributed by atoms with Crippen molar-refractivity contribution in [3.8, 4) is 0 Å². The zero-order chi connectivity index (χ0) is 18.1. The highest BCUT2D eigenvalue weighted by Gasteiger charge is 2.37. The number of halogens is 2. The van der Waals surface area contributed by atoms with Gasteiger partial charge in [-0.3, -0.25) is 9.69 Å². The van der Waals surface area contributed by atoms with Crippen molar-refractivity contribution in [3.05, 3.63) is 69.2 Å². The number of carbonyl (C=O) groups is 1. The van der Waals surface area contributed by atoms with Gasteiger partial charge in [0.2, 0.25) is 0 Å². The molecule has 3 nitrogen and oxygen atoms in total. The van der Waals surface area contributed by atoms with E-state index in [0.29, 0.717) is 10.6 Å². The van der Waals surface area contributed by atoms with E-state index in [4.69, 9.17) is 11.6 Å². The van der Waals surface area contributed by atoms with E-state index in [9.17, 15) is 4.79 Å². The zero-order valence-electron chi connectivity index (χ0n) is 14.6. The minimum absolute atomic E-state index is 0.0349. The molecule has 26 heavy (non-hydrogen) atoms. The Labute approximate surface area is 168 Å². The number of carbonyl (C=O) groups excluding carboxylic acids is 1. The predicted octanol–water partition coefficient (Wildman–Crippen LogP) is 4.63. The highest BCUT2D eigenvalue weighted by molar-refractivity contribution is 9.10. The van der Waals surface area contributed by atoms with Crippen LogP contribution in [-0.4, -0.2) is 47.4 Å². The Morgan fingerprint density at radius 1 is 1.12 bits per heavy atom. The molecule has 2 aromatic rings. The van der Waals surface area contributed by atoms with Crippen molar-refractivity contribution < 1.29 is 4.79 Å². The topological polar surface area (TPSA) is 23.6 Å². The highest BCUT2D eigenvalue weighted by Crippen LogP contribution is 2.31. The van der Waals surface area contributed by atoms with Crippen molar-refractivity contribution in [2.75, 3.05) is 19.6 Å². The van der Waals surface area contributed by atoms with Gasteiger partial charge in [-0.2, -0.15) is 0 Å². The third kappa shape index (κ3) is 3.98. The molecule has 136 valence electrons. The third-order valence-electron chi connectivity index (χ3n) is 5.31. The number of hydrogen-bond donors (Lipinski definition) is 0. The lowest BCUT2D eigenvalue weighted by Gasteiger charge is -2.42. The summed E-state index contributed by atoms with van der Waals surface area (Å²) < 4.78 is 0.876. The second kappa shape index (κ2) is 7.71. The smallest absolute Gasteiger partial charge is 0.255 e. The van der Waals surface area contributed by atoms with Crippen LogP contribution in [0.3, 0.4) is 0 Å². The largest absolute Gasteiger partial charge is 0.333 e. The predicted molar refractivity (Wildman–Crippen MR) is 109 cm³/mol. The van der Waals surface area contributed by atoms with Gasteiger partial charge in [0.15, 0.2) is 0 Å². The molecule has 1 saturated heterocycles. The van der Waals surface area contributed by atoms with Gasteiger partial charge in [0.05, 0.1) is 10.6 Å². The maximum Gasteiger partial charge on any atom is 0.255 e. The van der Waals surface area contributed by atoms with Crippen molar-refractivity contribution in [1.82, 2.24) is 9.80 Å². The molecule has 1 heterocycles. The molecule has 4 rings (SSSR count). The number of piperazine rings is 1. The molecule has 0 N–H and O–H groups in total. The monoisotopic (exact) mass is 432 g/mol. The Kier molecular flexibility index (Phi) is 5.35. The van der Waals surface area contributed by atoms with Crippen molar-refractivity contribution in [1.29, 1.82) is 0 Å². The summed E-state index contributed by atoms with van der Waals surface area (Å²) >= 11 is 9.79. The Morgan fingerprint density at radius 2 is 1.88 bits per heavy atom. The minimum atomic E-state index is 0.0349. The lowest BCUT2D eigenvalue weighted by atomic mass is 10.0. The summed E-state index contributed by atoms with van der Waals surface area (Å²) in [7, 11) is 0. The number of hydrogen-bond acceptors (Lipinski definition) is 2. The molecule has 0 spiro atoms. The molecule has 1 amide bonds. The number of amides is 1. The van der Waals surface area contributed by atoms with Crippen LogP contribution >= 0.6 is 27.5 Å². The van der Waals surface area contributed by atoms with Crippen molar-refractivity contribution in [2.45, 2.75) is 31.3 Å². The average Bonchev–Trinajstić information content (AvgIpc) is 3.49. The summed E-state index contributed by atoms with van der Waals surface area (Å²) in [5.41, 5.74) is 1.85. The summed E-state index contributed by atoms with van der Waals surface area (Å²) in [5, 5.41) is 0.515. The molecule has 0 aromatic heterocycles. The van der Waals surface area contributed by atoms with Gasteiger partial charge >= 0.3 is 0 Å². The molecule has 2 aromatic carbocycles. The fourth-order valence-electron chi connectivity index (χ4n) is 3.80. The number of benzene rings is 2. The lowest BCUT2D eigenvalue weighted by Crippen LogP contribution is -2.56. The first-order chi connectivity index (χ1) is 12.6. The van der Waals surface area contributed by atoms with Gasteiger partial charge in [0, 0.05) is 36.2 Å².